The zero-order chi connectivity index (χ0) is 14.4. The van der Waals surface area contributed by atoms with Crippen LogP contribution in [0.5, 0.6) is 0 Å². The van der Waals surface area contributed by atoms with Crippen LogP contribution in [0.2, 0.25) is 0 Å². The van der Waals surface area contributed by atoms with Crippen LogP contribution in [0, 0.1) is 5.92 Å². The Hall–Kier alpha value is -1.69. The van der Waals surface area contributed by atoms with Gasteiger partial charge in [-0.05, 0) is 32.1 Å². The highest BCUT2D eigenvalue weighted by Crippen LogP contribution is 2.38. The van der Waals surface area contributed by atoms with Gasteiger partial charge in [-0.15, -0.1) is 0 Å². The molecular formula is C15H19N3O3. The molecule has 6 nitrogen and oxygen atoms in total. The molecule has 2 heterocycles. The molecule has 1 aliphatic heterocycles. The second-order valence-electron chi connectivity index (χ2n) is 6.32. The molecule has 4 rings (SSSR count). The molecule has 6 heteroatoms. The van der Waals surface area contributed by atoms with E-state index in [0.29, 0.717) is 23.8 Å². The molecule has 2 saturated carbocycles. The lowest BCUT2D eigenvalue weighted by Crippen LogP contribution is -2.57. The van der Waals surface area contributed by atoms with Gasteiger partial charge in [0.1, 0.15) is 11.5 Å². The van der Waals surface area contributed by atoms with Crippen LogP contribution in [0.15, 0.2) is 10.9 Å². The minimum atomic E-state index is -0.246. The first kappa shape index (κ1) is 13.0. The zero-order valence-corrected chi connectivity index (χ0v) is 11.8. The predicted molar refractivity (Wildman–Crippen MR) is 75.2 cm³/mol. The van der Waals surface area contributed by atoms with Crippen molar-refractivity contribution >= 4 is 5.91 Å². The van der Waals surface area contributed by atoms with E-state index in [4.69, 9.17) is 4.74 Å². The number of rotatable bonds is 3. The molecule has 3 atom stereocenters. The highest BCUT2D eigenvalue weighted by atomic mass is 16.5. The smallest absolute Gasteiger partial charge is 0.270 e. The third-order valence-corrected chi connectivity index (χ3v) is 4.77. The molecule has 0 aromatic carbocycles. The van der Waals surface area contributed by atoms with Gasteiger partial charge in [-0.3, -0.25) is 9.59 Å². The molecule has 1 aromatic heterocycles. The van der Waals surface area contributed by atoms with Crippen molar-refractivity contribution in [2.75, 3.05) is 6.61 Å². The second kappa shape index (κ2) is 4.94. The molecule has 1 saturated heterocycles. The zero-order valence-electron chi connectivity index (χ0n) is 11.8. The Kier molecular flexibility index (Phi) is 3.06. The number of hydrogen-bond donors (Lipinski definition) is 2. The van der Waals surface area contributed by atoms with E-state index in [-0.39, 0.29) is 23.2 Å². The fraction of sp³-hybridized carbons (Fsp3) is 0.667. The van der Waals surface area contributed by atoms with Crippen molar-refractivity contribution in [3.8, 4) is 0 Å². The van der Waals surface area contributed by atoms with Crippen LogP contribution >= 0.6 is 0 Å². The monoisotopic (exact) mass is 289 g/mol. The van der Waals surface area contributed by atoms with Crippen molar-refractivity contribution < 1.29 is 9.53 Å². The van der Waals surface area contributed by atoms with Crippen LogP contribution in [0.1, 0.15) is 54.3 Å². The Morgan fingerprint density at radius 3 is 3.00 bits per heavy atom. The van der Waals surface area contributed by atoms with E-state index in [1.54, 1.807) is 0 Å². The molecular weight excluding hydrogens is 270 g/mol. The molecule has 3 fully saturated rings. The predicted octanol–water partition coefficient (Wildman–Crippen LogP) is 0.945. The average Bonchev–Trinajstić information content (AvgIpc) is 3.28. The number of aromatic nitrogens is 2. The maximum Gasteiger partial charge on any atom is 0.270 e. The molecule has 2 N–H and O–H groups in total. The molecule has 0 spiro atoms. The Bertz CT molecular complexity index is 623. The van der Waals surface area contributed by atoms with Crippen molar-refractivity contribution in [3.63, 3.8) is 0 Å². The van der Waals surface area contributed by atoms with Gasteiger partial charge in [-0.1, -0.05) is 0 Å². The number of carbonyl (C=O) groups excluding carboxylic acids is 1. The van der Waals surface area contributed by atoms with E-state index in [1.807, 2.05) is 0 Å². The summed E-state index contributed by atoms with van der Waals surface area (Å²) in [5.41, 5.74) is -0.00892. The summed E-state index contributed by atoms with van der Waals surface area (Å²) in [5.74, 6) is 1.16. The van der Waals surface area contributed by atoms with Crippen LogP contribution in [0.3, 0.4) is 0 Å². The summed E-state index contributed by atoms with van der Waals surface area (Å²) in [6.45, 7) is 0.836. The number of ether oxygens (including phenoxy) is 1. The molecule has 2 aliphatic carbocycles. The van der Waals surface area contributed by atoms with Crippen molar-refractivity contribution in [2.24, 2.45) is 5.92 Å². The van der Waals surface area contributed by atoms with Crippen LogP contribution < -0.4 is 10.9 Å². The average molecular weight is 289 g/mol. The molecule has 1 amide bonds. The number of H-pyrrole nitrogens is 1. The Balaban J connectivity index is 1.46. The van der Waals surface area contributed by atoms with E-state index in [1.165, 1.54) is 6.07 Å². The van der Waals surface area contributed by atoms with Crippen molar-refractivity contribution in [1.82, 2.24) is 15.3 Å². The minimum Gasteiger partial charge on any atom is -0.378 e. The third-order valence-electron chi connectivity index (χ3n) is 4.77. The SMILES string of the molecule is O=C(N[C@@H]1C[C@@H]2OCCC[C@@H]21)c1cc(=O)[nH]c(C2CC2)n1. The van der Waals surface area contributed by atoms with Gasteiger partial charge < -0.3 is 15.0 Å². The number of amides is 1. The van der Waals surface area contributed by atoms with E-state index >= 15 is 0 Å². The lowest BCUT2D eigenvalue weighted by Gasteiger charge is -2.47. The Labute approximate surface area is 122 Å². The first-order valence-corrected chi connectivity index (χ1v) is 7.74. The van der Waals surface area contributed by atoms with Crippen LogP contribution in [-0.4, -0.2) is 34.6 Å². The second-order valence-corrected chi connectivity index (χ2v) is 6.32. The van der Waals surface area contributed by atoms with Gasteiger partial charge in [0.05, 0.1) is 6.10 Å². The maximum atomic E-state index is 12.3. The summed E-state index contributed by atoms with van der Waals surface area (Å²) in [5, 5.41) is 3.01. The summed E-state index contributed by atoms with van der Waals surface area (Å²) in [6, 6.07) is 1.45. The molecule has 21 heavy (non-hydrogen) atoms. The number of aromatic amines is 1. The largest absolute Gasteiger partial charge is 0.378 e. The van der Waals surface area contributed by atoms with Gasteiger partial charge in [0.2, 0.25) is 0 Å². The lowest BCUT2D eigenvalue weighted by atomic mass is 9.72. The number of carbonyl (C=O) groups is 1. The fourth-order valence-corrected chi connectivity index (χ4v) is 3.35. The maximum absolute atomic E-state index is 12.3. The first-order chi connectivity index (χ1) is 10.2. The van der Waals surface area contributed by atoms with E-state index in [9.17, 15) is 9.59 Å². The molecule has 0 radical (unpaired) electrons. The molecule has 1 aromatic rings. The highest BCUT2D eigenvalue weighted by molar-refractivity contribution is 5.92. The van der Waals surface area contributed by atoms with Crippen LogP contribution in [0.25, 0.3) is 0 Å². The number of nitrogens with zero attached hydrogens (tertiary/aromatic N) is 1. The highest BCUT2D eigenvalue weighted by Gasteiger charge is 2.44. The Morgan fingerprint density at radius 2 is 2.24 bits per heavy atom. The molecule has 0 unspecified atom stereocenters. The number of hydrogen-bond acceptors (Lipinski definition) is 4. The van der Waals surface area contributed by atoms with E-state index in [2.05, 4.69) is 15.3 Å². The van der Waals surface area contributed by atoms with E-state index in [0.717, 1.165) is 38.7 Å². The lowest BCUT2D eigenvalue weighted by molar-refractivity contribution is -0.100. The summed E-state index contributed by atoms with van der Waals surface area (Å²) in [4.78, 5) is 31.0. The fourth-order valence-electron chi connectivity index (χ4n) is 3.35. The quantitative estimate of drug-likeness (QED) is 0.867. The number of fused-ring (bicyclic) bond motifs is 1. The number of nitrogens with one attached hydrogen (secondary N) is 2. The van der Waals surface area contributed by atoms with Crippen LogP contribution in [0.4, 0.5) is 0 Å². The van der Waals surface area contributed by atoms with Crippen molar-refractivity contribution in [1.29, 1.82) is 0 Å². The Morgan fingerprint density at radius 1 is 1.38 bits per heavy atom. The topological polar surface area (TPSA) is 84.1 Å². The summed E-state index contributed by atoms with van der Waals surface area (Å²) < 4.78 is 5.65. The molecule has 112 valence electrons. The third kappa shape index (κ3) is 2.48. The van der Waals surface area contributed by atoms with Gasteiger partial charge in [-0.2, -0.15) is 0 Å². The normalized spacial score (nSPS) is 31.1. The van der Waals surface area contributed by atoms with Gasteiger partial charge in [0, 0.05) is 30.6 Å². The van der Waals surface area contributed by atoms with Crippen LogP contribution in [-0.2, 0) is 4.74 Å². The summed E-state index contributed by atoms with van der Waals surface area (Å²) in [6.07, 6.45) is 5.41. The first-order valence-electron chi connectivity index (χ1n) is 7.74. The van der Waals surface area contributed by atoms with Crippen molar-refractivity contribution in [3.05, 3.63) is 27.9 Å². The van der Waals surface area contributed by atoms with Crippen molar-refractivity contribution in [2.45, 2.75) is 50.2 Å². The van der Waals surface area contributed by atoms with E-state index < -0.39 is 0 Å². The van der Waals surface area contributed by atoms with Gasteiger partial charge in [-0.25, -0.2) is 4.98 Å². The minimum absolute atomic E-state index is 0.160. The molecule has 0 bridgehead atoms. The summed E-state index contributed by atoms with van der Waals surface area (Å²) >= 11 is 0. The van der Waals surface area contributed by atoms with Gasteiger partial charge in [0.15, 0.2) is 0 Å². The standard InChI is InChI=1S/C15H19N3O3/c19-13-7-11(16-14(18-13)8-3-4-8)15(20)17-10-6-12-9(10)2-1-5-21-12/h7-10,12H,1-6H2,(H,17,20)(H,16,18,19)/t9-,10-,12+/m1/s1. The van der Waals surface area contributed by atoms with Gasteiger partial charge >= 0.3 is 0 Å². The molecule has 3 aliphatic rings. The van der Waals surface area contributed by atoms with Gasteiger partial charge in [0.25, 0.3) is 11.5 Å². The summed E-state index contributed by atoms with van der Waals surface area (Å²) in [7, 11) is 0.